The van der Waals surface area contributed by atoms with Crippen molar-refractivity contribution in [2.75, 3.05) is 18.5 Å². The maximum atomic E-state index is 13.1. The first-order valence-electron chi connectivity index (χ1n) is 8.58. The van der Waals surface area contributed by atoms with E-state index >= 15 is 0 Å². The number of carbonyl (C=O) groups is 4. The molecule has 7 nitrogen and oxygen atoms in total. The Labute approximate surface area is 159 Å². The molecule has 0 fully saturated rings. The number of anilines is 1. The van der Waals surface area contributed by atoms with Gasteiger partial charge in [-0.2, -0.15) is 0 Å². The maximum absolute atomic E-state index is 13.1. The highest BCUT2D eigenvalue weighted by molar-refractivity contribution is 6.00. The number of halogens is 1. The highest BCUT2D eigenvalue weighted by Gasteiger charge is 2.17. The van der Waals surface area contributed by atoms with Crippen LogP contribution in [0.3, 0.4) is 0 Å². The number of amides is 2. The van der Waals surface area contributed by atoms with E-state index in [2.05, 4.69) is 10.6 Å². The number of nitrogens with one attached hydrogen (secondary N) is 2. The monoisotopic (exact) mass is 384 g/mol. The SMILES string of the molecule is O=C1CCc2cc(C(=O)COC(=O)CNC(=O)c3cccc(F)c3)ccc2N1. The van der Waals surface area contributed by atoms with Gasteiger partial charge in [-0.05, 0) is 48.4 Å². The van der Waals surface area contributed by atoms with Crippen LogP contribution in [0, 0.1) is 5.82 Å². The molecule has 0 saturated carbocycles. The summed E-state index contributed by atoms with van der Waals surface area (Å²) in [4.78, 5) is 47.1. The molecule has 0 bridgehead atoms. The van der Waals surface area contributed by atoms with Crippen molar-refractivity contribution >= 4 is 29.3 Å². The number of hydrogen-bond donors (Lipinski definition) is 2. The van der Waals surface area contributed by atoms with E-state index in [-0.39, 0.29) is 11.5 Å². The van der Waals surface area contributed by atoms with Crippen molar-refractivity contribution in [3.63, 3.8) is 0 Å². The van der Waals surface area contributed by atoms with E-state index in [0.717, 1.165) is 11.6 Å². The lowest BCUT2D eigenvalue weighted by atomic mass is 9.99. The predicted octanol–water partition coefficient (Wildman–Crippen LogP) is 1.87. The number of benzene rings is 2. The lowest BCUT2D eigenvalue weighted by Crippen LogP contribution is -2.31. The van der Waals surface area contributed by atoms with Crippen LogP contribution in [0.25, 0.3) is 0 Å². The number of ketones is 1. The predicted molar refractivity (Wildman–Crippen MR) is 97.4 cm³/mol. The number of esters is 1. The fourth-order valence-corrected chi connectivity index (χ4v) is 2.72. The summed E-state index contributed by atoms with van der Waals surface area (Å²) in [6.45, 7) is -0.918. The van der Waals surface area contributed by atoms with Crippen molar-refractivity contribution in [1.82, 2.24) is 5.32 Å². The van der Waals surface area contributed by atoms with Crippen LogP contribution in [-0.4, -0.2) is 36.7 Å². The topological polar surface area (TPSA) is 102 Å². The lowest BCUT2D eigenvalue weighted by Gasteiger charge is -2.17. The first kappa shape index (κ1) is 19.2. The van der Waals surface area contributed by atoms with Gasteiger partial charge >= 0.3 is 5.97 Å². The number of fused-ring (bicyclic) bond motifs is 1. The molecular weight excluding hydrogens is 367 g/mol. The van der Waals surface area contributed by atoms with E-state index in [0.29, 0.717) is 24.1 Å². The van der Waals surface area contributed by atoms with Crippen LogP contribution in [0.2, 0.25) is 0 Å². The number of rotatable bonds is 6. The van der Waals surface area contributed by atoms with Gasteiger partial charge in [-0.3, -0.25) is 19.2 Å². The van der Waals surface area contributed by atoms with E-state index in [4.69, 9.17) is 4.74 Å². The molecule has 0 spiro atoms. The molecule has 1 aliphatic heterocycles. The number of Topliss-reactive ketones (excluding diaryl/α,β-unsaturated/α-hetero) is 1. The van der Waals surface area contributed by atoms with Crippen LogP contribution in [-0.2, 0) is 20.7 Å². The van der Waals surface area contributed by atoms with E-state index < -0.39 is 36.6 Å². The molecule has 0 atom stereocenters. The van der Waals surface area contributed by atoms with Crippen LogP contribution in [0.5, 0.6) is 0 Å². The zero-order valence-electron chi connectivity index (χ0n) is 14.8. The summed E-state index contributed by atoms with van der Waals surface area (Å²) in [6.07, 6.45) is 0.888. The smallest absolute Gasteiger partial charge is 0.325 e. The van der Waals surface area contributed by atoms with E-state index in [1.54, 1.807) is 18.2 Å². The molecule has 1 aliphatic rings. The van der Waals surface area contributed by atoms with Gasteiger partial charge in [0.15, 0.2) is 12.4 Å². The first-order valence-corrected chi connectivity index (χ1v) is 8.58. The summed E-state index contributed by atoms with van der Waals surface area (Å²) in [5, 5.41) is 5.02. The zero-order chi connectivity index (χ0) is 20.1. The van der Waals surface area contributed by atoms with E-state index in [9.17, 15) is 23.6 Å². The number of hydrogen-bond acceptors (Lipinski definition) is 5. The third-order valence-corrected chi connectivity index (χ3v) is 4.17. The Balaban J connectivity index is 1.48. The maximum Gasteiger partial charge on any atom is 0.325 e. The highest BCUT2D eigenvalue weighted by Crippen LogP contribution is 2.23. The Morgan fingerprint density at radius 1 is 1.07 bits per heavy atom. The number of carbonyl (C=O) groups excluding carboxylic acids is 4. The van der Waals surface area contributed by atoms with E-state index in [1.807, 2.05) is 0 Å². The van der Waals surface area contributed by atoms with Crippen molar-refractivity contribution in [3.8, 4) is 0 Å². The summed E-state index contributed by atoms with van der Waals surface area (Å²) in [6, 6.07) is 9.88. The minimum Gasteiger partial charge on any atom is -0.456 e. The van der Waals surface area contributed by atoms with Gasteiger partial charge in [-0.25, -0.2) is 4.39 Å². The van der Waals surface area contributed by atoms with Gasteiger partial charge in [-0.1, -0.05) is 6.07 Å². The number of ether oxygens (including phenoxy) is 1. The molecule has 8 heteroatoms. The molecule has 2 N–H and O–H groups in total. The van der Waals surface area contributed by atoms with Gasteiger partial charge in [0.1, 0.15) is 12.4 Å². The lowest BCUT2D eigenvalue weighted by molar-refractivity contribution is -0.141. The van der Waals surface area contributed by atoms with Crippen molar-refractivity contribution in [2.45, 2.75) is 12.8 Å². The summed E-state index contributed by atoms with van der Waals surface area (Å²) in [7, 11) is 0. The Hall–Kier alpha value is -3.55. The largest absolute Gasteiger partial charge is 0.456 e. The third kappa shape index (κ3) is 4.79. The van der Waals surface area contributed by atoms with Gasteiger partial charge in [0.25, 0.3) is 5.91 Å². The standard InChI is InChI=1S/C20H17FN2O5/c21-15-3-1-2-14(9-15)20(27)22-10-19(26)28-11-17(24)13-4-6-16-12(8-13)5-7-18(25)23-16/h1-4,6,8-9H,5,7,10-11H2,(H,22,27)(H,23,25). The molecule has 0 unspecified atom stereocenters. The molecule has 144 valence electrons. The second-order valence-corrected chi connectivity index (χ2v) is 6.20. The molecule has 2 amide bonds. The number of aryl methyl sites for hydroxylation is 1. The summed E-state index contributed by atoms with van der Waals surface area (Å²) in [5.74, 6) is -2.45. The molecule has 0 saturated heterocycles. The summed E-state index contributed by atoms with van der Waals surface area (Å²) in [5.41, 5.74) is 1.96. The van der Waals surface area contributed by atoms with Crippen molar-refractivity contribution in [1.29, 1.82) is 0 Å². The van der Waals surface area contributed by atoms with Crippen LogP contribution in [0.15, 0.2) is 42.5 Å². The Morgan fingerprint density at radius 3 is 2.68 bits per heavy atom. The normalized spacial score (nSPS) is 12.5. The first-order chi connectivity index (χ1) is 13.4. The zero-order valence-corrected chi connectivity index (χ0v) is 14.8. The van der Waals surface area contributed by atoms with E-state index in [1.165, 1.54) is 18.2 Å². The van der Waals surface area contributed by atoms with Crippen molar-refractivity contribution in [3.05, 3.63) is 65.0 Å². The van der Waals surface area contributed by atoms with Crippen LogP contribution in [0.1, 0.15) is 32.7 Å². The minimum atomic E-state index is -0.789. The minimum absolute atomic E-state index is 0.0687. The van der Waals surface area contributed by atoms with Gasteiger partial charge in [0, 0.05) is 23.2 Å². The molecule has 2 aromatic carbocycles. The molecule has 0 radical (unpaired) electrons. The van der Waals surface area contributed by atoms with Crippen LogP contribution in [0.4, 0.5) is 10.1 Å². The molecule has 1 heterocycles. The fraction of sp³-hybridized carbons (Fsp3) is 0.200. The Kier molecular flexibility index (Phi) is 5.78. The van der Waals surface area contributed by atoms with Crippen LogP contribution < -0.4 is 10.6 Å². The van der Waals surface area contributed by atoms with Gasteiger partial charge in [0.2, 0.25) is 5.91 Å². The van der Waals surface area contributed by atoms with Gasteiger partial charge < -0.3 is 15.4 Å². The average molecular weight is 384 g/mol. The van der Waals surface area contributed by atoms with Crippen molar-refractivity contribution < 1.29 is 28.3 Å². The summed E-state index contributed by atoms with van der Waals surface area (Å²) < 4.78 is 18.0. The third-order valence-electron chi connectivity index (χ3n) is 4.17. The van der Waals surface area contributed by atoms with Crippen molar-refractivity contribution in [2.24, 2.45) is 0 Å². The van der Waals surface area contributed by atoms with Gasteiger partial charge in [0.05, 0.1) is 0 Å². The molecular formula is C20H17FN2O5. The summed E-state index contributed by atoms with van der Waals surface area (Å²) >= 11 is 0. The average Bonchev–Trinajstić information content (AvgIpc) is 2.69. The quantitative estimate of drug-likeness (QED) is 0.585. The molecule has 0 aliphatic carbocycles. The highest BCUT2D eigenvalue weighted by atomic mass is 19.1. The molecule has 2 aromatic rings. The second-order valence-electron chi connectivity index (χ2n) is 6.20. The molecule has 28 heavy (non-hydrogen) atoms. The fourth-order valence-electron chi connectivity index (χ4n) is 2.72. The Morgan fingerprint density at radius 2 is 1.89 bits per heavy atom. The molecule has 3 rings (SSSR count). The van der Waals surface area contributed by atoms with Gasteiger partial charge in [-0.15, -0.1) is 0 Å². The van der Waals surface area contributed by atoms with Crippen LogP contribution >= 0.6 is 0 Å². The Bertz CT molecular complexity index is 957. The second kappa shape index (κ2) is 8.43. The molecule has 0 aromatic heterocycles.